The largest absolute Gasteiger partial charge is 0.475 e. The van der Waals surface area contributed by atoms with E-state index in [1.165, 1.54) is 6.07 Å². The molecule has 0 aliphatic heterocycles. The van der Waals surface area contributed by atoms with Crippen LogP contribution in [0.15, 0.2) is 18.5 Å². The van der Waals surface area contributed by atoms with Crippen molar-refractivity contribution in [2.75, 3.05) is 11.1 Å². The van der Waals surface area contributed by atoms with E-state index in [1.807, 2.05) is 13.8 Å². The van der Waals surface area contributed by atoms with Gasteiger partial charge in [0.25, 0.3) is 0 Å². The summed E-state index contributed by atoms with van der Waals surface area (Å²) in [6.45, 7) is 5.28. The van der Waals surface area contributed by atoms with Crippen molar-refractivity contribution in [1.29, 1.82) is 0 Å². The molecular weight excluding hydrogens is 385 g/mol. The van der Waals surface area contributed by atoms with Gasteiger partial charge in [-0.2, -0.15) is 10.1 Å². The van der Waals surface area contributed by atoms with Crippen LogP contribution < -0.4 is 15.8 Å². The molecule has 0 fully saturated rings. The molecule has 3 aromatic heterocycles. The number of ether oxygens (including phenoxy) is 1. The Morgan fingerprint density at radius 3 is 2.59 bits per heavy atom. The minimum absolute atomic E-state index is 0.0224. The lowest BCUT2D eigenvalue weighted by molar-refractivity contribution is -0.385. The molecule has 0 aliphatic carbocycles. The molecule has 29 heavy (non-hydrogen) atoms. The Bertz CT molecular complexity index is 1020. The fourth-order valence-corrected chi connectivity index (χ4v) is 2.53. The molecule has 3 aromatic rings. The summed E-state index contributed by atoms with van der Waals surface area (Å²) in [5.74, 6) is -0.978. The molecule has 0 bridgehead atoms. The maximum absolute atomic E-state index is 13.1. The topological polar surface area (TPSA) is 171 Å². The zero-order chi connectivity index (χ0) is 21.1. The van der Waals surface area contributed by atoms with Crippen molar-refractivity contribution in [2.45, 2.75) is 32.8 Å². The highest BCUT2D eigenvalue weighted by molar-refractivity contribution is 5.67. The second kappa shape index (κ2) is 8.00. The maximum Gasteiger partial charge on any atom is 0.333 e. The highest BCUT2D eigenvalue weighted by Gasteiger charge is 2.30. The highest BCUT2D eigenvalue weighted by atomic mass is 19.1. The number of nitro groups is 1. The first-order chi connectivity index (χ1) is 13.7. The van der Waals surface area contributed by atoms with E-state index in [-0.39, 0.29) is 35.2 Å². The van der Waals surface area contributed by atoms with E-state index in [0.29, 0.717) is 5.88 Å². The molecule has 1 atom stereocenters. The van der Waals surface area contributed by atoms with Gasteiger partial charge in [0.1, 0.15) is 11.5 Å². The fraction of sp³-hybridized carbons (Fsp3) is 0.312. The van der Waals surface area contributed by atoms with E-state index >= 15 is 0 Å². The SMILES string of the molecule is CC(C)Oc1cc(Nc2nc(N)nc([C@H](C)c3ncc(F)cn3)c2[N+](=O)[O-])n[nH]1. The summed E-state index contributed by atoms with van der Waals surface area (Å²) in [5, 5.41) is 21.2. The van der Waals surface area contributed by atoms with E-state index in [0.717, 1.165) is 12.4 Å². The van der Waals surface area contributed by atoms with Crippen molar-refractivity contribution >= 4 is 23.3 Å². The Labute approximate surface area is 163 Å². The Morgan fingerprint density at radius 2 is 1.97 bits per heavy atom. The van der Waals surface area contributed by atoms with E-state index in [4.69, 9.17) is 10.5 Å². The zero-order valence-corrected chi connectivity index (χ0v) is 15.8. The van der Waals surface area contributed by atoms with Gasteiger partial charge in [-0.1, -0.05) is 0 Å². The lowest BCUT2D eigenvalue weighted by Gasteiger charge is -2.13. The zero-order valence-electron chi connectivity index (χ0n) is 15.8. The first-order valence-electron chi connectivity index (χ1n) is 8.53. The lowest BCUT2D eigenvalue weighted by Crippen LogP contribution is -2.13. The first-order valence-corrected chi connectivity index (χ1v) is 8.53. The molecule has 0 spiro atoms. The third-order valence-corrected chi connectivity index (χ3v) is 3.71. The van der Waals surface area contributed by atoms with E-state index < -0.39 is 22.3 Å². The van der Waals surface area contributed by atoms with Crippen molar-refractivity contribution in [1.82, 2.24) is 30.1 Å². The number of nitrogens with zero attached hydrogens (tertiary/aromatic N) is 6. The molecule has 0 amide bonds. The van der Waals surface area contributed by atoms with Crippen LogP contribution >= 0.6 is 0 Å². The predicted octanol–water partition coefficient (Wildman–Crippen LogP) is 2.30. The van der Waals surface area contributed by atoms with Gasteiger partial charge in [-0.15, -0.1) is 0 Å². The van der Waals surface area contributed by atoms with Gasteiger partial charge in [-0.05, 0) is 20.8 Å². The molecule has 3 heterocycles. The number of hydrogen-bond donors (Lipinski definition) is 3. The van der Waals surface area contributed by atoms with Gasteiger partial charge in [0.15, 0.2) is 11.6 Å². The monoisotopic (exact) mass is 403 g/mol. The van der Waals surface area contributed by atoms with Crippen LogP contribution in [0.25, 0.3) is 0 Å². The van der Waals surface area contributed by atoms with Crippen LogP contribution in [0, 0.1) is 15.9 Å². The lowest BCUT2D eigenvalue weighted by atomic mass is 10.0. The number of nitrogen functional groups attached to an aromatic ring is 1. The summed E-state index contributed by atoms with van der Waals surface area (Å²) in [7, 11) is 0. The predicted molar refractivity (Wildman–Crippen MR) is 100 cm³/mol. The number of aromatic nitrogens is 6. The van der Waals surface area contributed by atoms with Crippen molar-refractivity contribution in [2.24, 2.45) is 0 Å². The van der Waals surface area contributed by atoms with Gasteiger partial charge in [0.2, 0.25) is 17.6 Å². The number of H-pyrrole nitrogens is 1. The minimum Gasteiger partial charge on any atom is -0.475 e. The quantitative estimate of drug-likeness (QED) is 0.392. The third-order valence-electron chi connectivity index (χ3n) is 3.71. The average molecular weight is 403 g/mol. The van der Waals surface area contributed by atoms with Gasteiger partial charge >= 0.3 is 5.69 Å². The van der Waals surface area contributed by atoms with Crippen LogP contribution in [0.2, 0.25) is 0 Å². The van der Waals surface area contributed by atoms with Crippen LogP contribution in [-0.4, -0.2) is 41.2 Å². The molecule has 0 saturated heterocycles. The smallest absolute Gasteiger partial charge is 0.333 e. The van der Waals surface area contributed by atoms with Crippen molar-refractivity contribution in [3.8, 4) is 5.88 Å². The first kappa shape index (κ1) is 19.9. The van der Waals surface area contributed by atoms with E-state index in [2.05, 4.69) is 35.5 Å². The molecule has 0 unspecified atom stereocenters. The number of rotatable bonds is 7. The molecular formula is C16H18FN9O3. The van der Waals surface area contributed by atoms with Gasteiger partial charge < -0.3 is 15.8 Å². The van der Waals surface area contributed by atoms with Crippen LogP contribution in [0.3, 0.4) is 0 Å². The summed E-state index contributed by atoms with van der Waals surface area (Å²) in [6, 6.07) is 1.52. The Morgan fingerprint density at radius 1 is 1.28 bits per heavy atom. The second-order valence-corrected chi connectivity index (χ2v) is 6.31. The van der Waals surface area contributed by atoms with Gasteiger partial charge in [0, 0.05) is 6.07 Å². The van der Waals surface area contributed by atoms with E-state index in [1.54, 1.807) is 6.92 Å². The molecule has 0 saturated carbocycles. The van der Waals surface area contributed by atoms with Crippen molar-refractivity contribution in [3.63, 3.8) is 0 Å². The molecule has 0 aromatic carbocycles. The van der Waals surface area contributed by atoms with Gasteiger partial charge in [0.05, 0.1) is 29.3 Å². The standard InChI is InChI=1S/C16H18FN9O3/c1-7(2)29-11-4-10(24-25-11)21-15-13(26(27)28)12(22-16(18)23-15)8(3)14-19-5-9(17)6-20-14/h4-8H,1-3H3,(H4,18,21,22,23,24,25)/t8-/m0/s1. The molecule has 12 nitrogen and oxygen atoms in total. The fourth-order valence-electron chi connectivity index (χ4n) is 2.53. The summed E-state index contributed by atoms with van der Waals surface area (Å²) >= 11 is 0. The molecule has 0 aliphatic rings. The number of aromatic amines is 1. The highest BCUT2D eigenvalue weighted by Crippen LogP contribution is 2.35. The Balaban J connectivity index is 2.00. The van der Waals surface area contributed by atoms with Crippen LogP contribution in [-0.2, 0) is 0 Å². The normalized spacial score (nSPS) is 12.0. The summed E-state index contributed by atoms with van der Waals surface area (Å²) in [6.07, 6.45) is 1.85. The average Bonchev–Trinajstić information content (AvgIpc) is 3.07. The summed E-state index contributed by atoms with van der Waals surface area (Å²) in [4.78, 5) is 26.8. The van der Waals surface area contributed by atoms with Crippen molar-refractivity contribution in [3.05, 3.63) is 45.9 Å². The molecule has 4 N–H and O–H groups in total. The number of nitrogens with two attached hydrogens (primary N) is 1. The second-order valence-electron chi connectivity index (χ2n) is 6.31. The number of hydrogen-bond acceptors (Lipinski definition) is 10. The number of nitrogens with one attached hydrogen (secondary N) is 2. The van der Waals surface area contributed by atoms with E-state index in [9.17, 15) is 14.5 Å². The molecule has 152 valence electrons. The summed E-state index contributed by atoms with van der Waals surface area (Å²) < 4.78 is 18.6. The minimum atomic E-state index is -0.749. The molecule has 0 radical (unpaired) electrons. The summed E-state index contributed by atoms with van der Waals surface area (Å²) in [5.41, 5.74) is 5.31. The Hall–Kier alpha value is -3.90. The van der Waals surface area contributed by atoms with Crippen LogP contribution in [0.5, 0.6) is 5.88 Å². The molecule has 3 rings (SSSR count). The van der Waals surface area contributed by atoms with Crippen molar-refractivity contribution < 1.29 is 14.1 Å². The van der Waals surface area contributed by atoms with Gasteiger partial charge in [-0.3, -0.25) is 10.1 Å². The van der Waals surface area contributed by atoms with Crippen LogP contribution in [0.1, 0.15) is 38.2 Å². The maximum atomic E-state index is 13.1. The number of halogens is 1. The van der Waals surface area contributed by atoms with Gasteiger partial charge in [-0.25, -0.2) is 24.4 Å². The number of anilines is 3. The molecule has 13 heteroatoms. The Kier molecular flexibility index (Phi) is 5.47. The van der Waals surface area contributed by atoms with Crippen LogP contribution in [0.4, 0.5) is 27.7 Å². The third kappa shape index (κ3) is 4.51.